The van der Waals surface area contributed by atoms with Crippen molar-refractivity contribution in [2.45, 2.75) is 39.0 Å². The molecule has 9 heteroatoms. The molecule has 1 aliphatic rings. The third-order valence-electron chi connectivity index (χ3n) is 6.74. The Labute approximate surface area is 215 Å². The third kappa shape index (κ3) is 5.45. The fourth-order valence-electron chi connectivity index (χ4n) is 4.82. The van der Waals surface area contributed by atoms with Crippen LogP contribution in [0.15, 0.2) is 47.3 Å². The van der Waals surface area contributed by atoms with Crippen LogP contribution in [0.4, 0.5) is 4.39 Å². The highest BCUT2D eigenvalue weighted by molar-refractivity contribution is 5.96. The normalized spacial score (nSPS) is 15.1. The fourth-order valence-corrected chi connectivity index (χ4v) is 4.82. The molecule has 2 aromatic carbocycles. The van der Waals surface area contributed by atoms with Crippen molar-refractivity contribution in [3.8, 4) is 23.1 Å². The zero-order chi connectivity index (χ0) is 26.5. The van der Waals surface area contributed by atoms with E-state index in [0.29, 0.717) is 48.9 Å². The summed E-state index contributed by atoms with van der Waals surface area (Å²) in [6.45, 7) is 2.88. The number of carbonyl (C=O) groups is 1. The lowest BCUT2D eigenvalue weighted by Gasteiger charge is -2.21. The van der Waals surface area contributed by atoms with Crippen LogP contribution in [-0.2, 0) is 12.8 Å². The number of aryl methyl sites for hydroxylation is 1. The largest absolute Gasteiger partial charge is 0.494 e. The molecule has 1 fully saturated rings. The molecule has 2 heterocycles. The molecule has 0 aliphatic carbocycles. The van der Waals surface area contributed by atoms with Gasteiger partial charge in [0.25, 0.3) is 11.5 Å². The van der Waals surface area contributed by atoms with E-state index in [1.165, 1.54) is 30.9 Å². The van der Waals surface area contributed by atoms with Crippen molar-refractivity contribution in [1.82, 2.24) is 14.5 Å². The van der Waals surface area contributed by atoms with Crippen LogP contribution < -0.4 is 15.0 Å². The Kier molecular flexibility index (Phi) is 8.11. The maximum atomic E-state index is 13.9. The summed E-state index contributed by atoms with van der Waals surface area (Å²) in [5.74, 6) is -0.199. The molecule has 1 N–H and O–H groups in total. The Morgan fingerprint density at radius 1 is 1.14 bits per heavy atom. The fraction of sp³-hybridized carbons (Fsp3) is 0.393. The Balaban J connectivity index is 1.71. The van der Waals surface area contributed by atoms with Crippen LogP contribution >= 0.6 is 0 Å². The Hall–Kier alpha value is -3.88. The molecule has 1 saturated heterocycles. The first-order chi connectivity index (χ1) is 17.9. The number of para-hydroxylation sites is 1. The van der Waals surface area contributed by atoms with Gasteiger partial charge in [-0.25, -0.2) is 4.39 Å². The summed E-state index contributed by atoms with van der Waals surface area (Å²) >= 11 is 0. The third-order valence-corrected chi connectivity index (χ3v) is 6.74. The highest BCUT2D eigenvalue weighted by atomic mass is 19.1. The molecular weight excluding hydrogens is 477 g/mol. The molecule has 1 aliphatic heterocycles. The number of aromatic hydroxyl groups is 1. The number of hydrogen-bond acceptors (Lipinski definition) is 6. The Bertz CT molecular complexity index is 1300. The van der Waals surface area contributed by atoms with Crippen molar-refractivity contribution in [3.63, 3.8) is 0 Å². The van der Waals surface area contributed by atoms with Gasteiger partial charge in [-0.1, -0.05) is 31.5 Å². The zero-order valence-electron chi connectivity index (χ0n) is 21.4. The molecule has 196 valence electrons. The summed E-state index contributed by atoms with van der Waals surface area (Å²) in [5, 5.41) is 10.8. The number of nitrogens with zero attached hydrogens (tertiary/aromatic N) is 3. The number of unbranched alkanes of at least 4 members (excludes halogenated alkanes) is 1. The van der Waals surface area contributed by atoms with E-state index in [9.17, 15) is 19.1 Å². The van der Waals surface area contributed by atoms with Gasteiger partial charge in [0.1, 0.15) is 28.8 Å². The minimum absolute atomic E-state index is 0.157. The number of ether oxygens (including phenoxy) is 2. The van der Waals surface area contributed by atoms with Gasteiger partial charge < -0.3 is 19.5 Å². The molecule has 1 aromatic heterocycles. The summed E-state index contributed by atoms with van der Waals surface area (Å²) in [4.78, 5) is 33.3. The van der Waals surface area contributed by atoms with E-state index in [1.54, 1.807) is 35.2 Å². The van der Waals surface area contributed by atoms with Gasteiger partial charge in [-0.3, -0.25) is 14.2 Å². The molecule has 37 heavy (non-hydrogen) atoms. The number of methoxy groups -OCH3 is 2. The van der Waals surface area contributed by atoms with E-state index in [0.717, 1.165) is 24.8 Å². The highest BCUT2D eigenvalue weighted by Gasteiger charge is 2.33. The van der Waals surface area contributed by atoms with Crippen LogP contribution in [0.1, 0.15) is 47.9 Å². The molecule has 3 aromatic rings. The summed E-state index contributed by atoms with van der Waals surface area (Å²) in [6, 6.07) is 11.5. The number of benzene rings is 2. The van der Waals surface area contributed by atoms with Crippen molar-refractivity contribution in [2.24, 2.45) is 5.92 Å². The predicted octanol–water partition coefficient (Wildman–Crippen LogP) is 4.14. The topological polar surface area (TPSA) is 93.9 Å². The Morgan fingerprint density at radius 2 is 1.81 bits per heavy atom. The van der Waals surface area contributed by atoms with E-state index in [1.807, 2.05) is 6.92 Å². The Morgan fingerprint density at radius 3 is 2.43 bits per heavy atom. The predicted molar refractivity (Wildman–Crippen MR) is 137 cm³/mol. The van der Waals surface area contributed by atoms with Gasteiger partial charge in [-0.2, -0.15) is 4.98 Å². The highest BCUT2D eigenvalue weighted by Crippen LogP contribution is 2.33. The van der Waals surface area contributed by atoms with Crippen LogP contribution in [0.3, 0.4) is 0 Å². The van der Waals surface area contributed by atoms with Gasteiger partial charge in [0, 0.05) is 19.5 Å². The number of amides is 1. The molecule has 0 spiro atoms. The molecule has 1 atom stereocenters. The summed E-state index contributed by atoms with van der Waals surface area (Å²) in [5.41, 5.74) is 0.265. The van der Waals surface area contributed by atoms with Crippen LogP contribution in [0.25, 0.3) is 5.69 Å². The van der Waals surface area contributed by atoms with E-state index in [4.69, 9.17) is 9.47 Å². The smallest absolute Gasteiger partial charge is 0.275 e. The van der Waals surface area contributed by atoms with Crippen LogP contribution in [0.2, 0.25) is 0 Å². The molecule has 8 nitrogen and oxygen atoms in total. The summed E-state index contributed by atoms with van der Waals surface area (Å²) < 4.78 is 25.6. The molecule has 0 bridgehead atoms. The maximum absolute atomic E-state index is 13.9. The first kappa shape index (κ1) is 26.2. The molecule has 1 unspecified atom stereocenters. The van der Waals surface area contributed by atoms with Gasteiger partial charge in [-0.15, -0.1) is 0 Å². The standard InChI is InChI=1S/C28H32FN3O5/c1-4-5-9-23-30-26(33)24(28(35)32(23)25-21(36-2)7-6-8-22(25)37-3)27(34)31-15-14-19(17-31)16-18-10-12-20(29)13-11-18/h6-8,10-13,19,33H,4-5,9,14-17H2,1-3H3. The first-order valence-electron chi connectivity index (χ1n) is 12.5. The van der Waals surface area contributed by atoms with E-state index in [2.05, 4.69) is 4.98 Å². The summed E-state index contributed by atoms with van der Waals surface area (Å²) in [6.07, 6.45) is 3.42. The minimum Gasteiger partial charge on any atom is -0.494 e. The number of hydrogen-bond donors (Lipinski definition) is 1. The number of carbonyl (C=O) groups excluding carboxylic acids is 1. The lowest BCUT2D eigenvalue weighted by Crippen LogP contribution is -2.37. The van der Waals surface area contributed by atoms with Crippen molar-refractivity contribution in [2.75, 3.05) is 27.3 Å². The molecular formula is C28H32FN3O5. The number of halogens is 1. The lowest BCUT2D eigenvalue weighted by atomic mass is 9.99. The number of aromatic nitrogens is 2. The monoisotopic (exact) mass is 509 g/mol. The SMILES string of the molecule is CCCCc1nc(O)c(C(=O)N2CCC(Cc3ccc(F)cc3)C2)c(=O)n1-c1c(OC)cccc1OC. The zero-order valence-corrected chi connectivity index (χ0v) is 21.4. The second-order valence-electron chi connectivity index (χ2n) is 9.22. The maximum Gasteiger partial charge on any atom is 0.275 e. The van der Waals surface area contributed by atoms with E-state index >= 15 is 0 Å². The van der Waals surface area contributed by atoms with Gasteiger partial charge in [0.15, 0.2) is 5.56 Å². The molecule has 4 rings (SSSR count). The van der Waals surface area contributed by atoms with Crippen LogP contribution in [0, 0.1) is 11.7 Å². The molecule has 0 saturated carbocycles. The van der Waals surface area contributed by atoms with Gasteiger partial charge in [0.2, 0.25) is 5.88 Å². The van der Waals surface area contributed by atoms with E-state index < -0.39 is 17.3 Å². The lowest BCUT2D eigenvalue weighted by molar-refractivity contribution is 0.0780. The van der Waals surface area contributed by atoms with Crippen LogP contribution in [0.5, 0.6) is 17.4 Å². The van der Waals surface area contributed by atoms with Crippen molar-refractivity contribution in [3.05, 3.63) is 75.6 Å². The van der Waals surface area contributed by atoms with Gasteiger partial charge in [0.05, 0.1) is 14.2 Å². The van der Waals surface area contributed by atoms with Crippen molar-refractivity contribution < 1.29 is 23.8 Å². The van der Waals surface area contributed by atoms with Gasteiger partial charge in [-0.05, 0) is 55.0 Å². The molecule has 1 amide bonds. The number of rotatable bonds is 9. The summed E-state index contributed by atoms with van der Waals surface area (Å²) in [7, 11) is 2.97. The van der Waals surface area contributed by atoms with Crippen LogP contribution in [-0.4, -0.2) is 52.8 Å². The average Bonchev–Trinajstić information content (AvgIpc) is 3.36. The minimum atomic E-state index is -0.673. The van der Waals surface area contributed by atoms with Crippen molar-refractivity contribution in [1.29, 1.82) is 0 Å². The molecule has 0 radical (unpaired) electrons. The first-order valence-corrected chi connectivity index (χ1v) is 12.5. The average molecular weight is 510 g/mol. The van der Waals surface area contributed by atoms with Gasteiger partial charge >= 0.3 is 0 Å². The quantitative estimate of drug-likeness (QED) is 0.466. The van der Waals surface area contributed by atoms with Crippen molar-refractivity contribution >= 4 is 5.91 Å². The van der Waals surface area contributed by atoms with E-state index in [-0.39, 0.29) is 17.3 Å². The second kappa shape index (κ2) is 11.5. The second-order valence-corrected chi connectivity index (χ2v) is 9.22. The number of likely N-dealkylation sites (tertiary alicyclic amines) is 1.